The number of carbonyl (C=O) groups excluding carboxylic acids is 2. The number of methoxy groups -OCH3 is 1. The van der Waals surface area contributed by atoms with Gasteiger partial charge < -0.3 is 14.8 Å². The van der Waals surface area contributed by atoms with Gasteiger partial charge in [0, 0.05) is 16.9 Å². The predicted molar refractivity (Wildman–Crippen MR) is 139 cm³/mol. The lowest BCUT2D eigenvalue weighted by molar-refractivity contribution is -0.113. The van der Waals surface area contributed by atoms with Crippen LogP contribution in [0.4, 0.5) is 5.69 Å². The highest BCUT2D eigenvalue weighted by atomic mass is 32.2. The van der Waals surface area contributed by atoms with E-state index in [1.54, 1.807) is 31.4 Å². The number of hydrogen-bond donors (Lipinski definition) is 1. The highest BCUT2D eigenvalue weighted by Crippen LogP contribution is 2.32. The molecule has 9 heteroatoms. The lowest BCUT2D eigenvalue weighted by atomic mass is 10.1. The van der Waals surface area contributed by atoms with Crippen molar-refractivity contribution in [2.75, 3.05) is 18.2 Å². The van der Waals surface area contributed by atoms with Crippen molar-refractivity contribution in [1.29, 1.82) is 0 Å². The van der Waals surface area contributed by atoms with E-state index in [9.17, 15) is 9.59 Å². The molecule has 1 amide bonds. The molecule has 1 atom stereocenters. The molecule has 0 fully saturated rings. The fourth-order valence-corrected chi connectivity index (χ4v) is 4.32. The molecule has 4 aromatic rings. The topological polar surface area (TPSA) is 95.3 Å². The Kier molecular flexibility index (Phi) is 8.02. The highest BCUT2D eigenvalue weighted by molar-refractivity contribution is 7.99. The average Bonchev–Trinajstić information content (AvgIpc) is 3.32. The number of carbonyl (C=O) groups is 2. The van der Waals surface area contributed by atoms with Gasteiger partial charge in [-0.15, -0.1) is 10.2 Å². The van der Waals surface area contributed by atoms with Gasteiger partial charge in [-0.2, -0.15) is 0 Å². The predicted octanol–water partition coefficient (Wildman–Crippen LogP) is 5.35. The Labute approximate surface area is 213 Å². The maximum atomic E-state index is 12.7. The molecule has 0 bridgehead atoms. The van der Waals surface area contributed by atoms with E-state index in [2.05, 4.69) is 15.5 Å². The van der Waals surface area contributed by atoms with Crippen LogP contribution in [0.25, 0.3) is 5.69 Å². The van der Waals surface area contributed by atoms with E-state index in [0.29, 0.717) is 33.7 Å². The summed E-state index contributed by atoms with van der Waals surface area (Å²) in [7, 11) is 1.59. The maximum Gasteiger partial charge on any atom is 0.234 e. The van der Waals surface area contributed by atoms with Gasteiger partial charge in [0.25, 0.3) is 0 Å². The molecule has 1 unspecified atom stereocenters. The molecule has 184 valence electrons. The zero-order chi connectivity index (χ0) is 25.5. The molecule has 0 aliphatic carbocycles. The summed E-state index contributed by atoms with van der Waals surface area (Å²) in [5.74, 6) is 1.63. The van der Waals surface area contributed by atoms with E-state index in [1.165, 1.54) is 18.7 Å². The van der Waals surface area contributed by atoms with E-state index >= 15 is 0 Å². The van der Waals surface area contributed by atoms with Crippen LogP contribution in [0.15, 0.2) is 84.0 Å². The first-order chi connectivity index (χ1) is 17.5. The third-order valence-electron chi connectivity index (χ3n) is 5.29. The van der Waals surface area contributed by atoms with Gasteiger partial charge in [0.15, 0.2) is 34.4 Å². The first kappa shape index (κ1) is 25.0. The van der Waals surface area contributed by atoms with Crippen molar-refractivity contribution in [3.63, 3.8) is 0 Å². The Morgan fingerprint density at radius 2 is 1.69 bits per heavy atom. The Morgan fingerprint density at radius 1 is 0.972 bits per heavy atom. The van der Waals surface area contributed by atoms with Crippen LogP contribution in [0.2, 0.25) is 0 Å². The van der Waals surface area contributed by atoms with Gasteiger partial charge in [-0.1, -0.05) is 54.2 Å². The van der Waals surface area contributed by atoms with Gasteiger partial charge in [0.2, 0.25) is 5.91 Å². The Bertz CT molecular complexity index is 1360. The zero-order valence-corrected chi connectivity index (χ0v) is 21.0. The van der Waals surface area contributed by atoms with Crippen LogP contribution in [0, 0.1) is 0 Å². The van der Waals surface area contributed by atoms with Crippen molar-refractivity contribution in [3.8, 4) is 17.2 Å². The number of Topliss-reactive ketones (excluding diaryl/α,β-unsaturated/α-hetero) is 1. The quantitative estimate of drug-likeness (QED) is 0.231. The first-order valence-electron chi connectivity index (χ1n) is 11.3. The SMILES string of the molecule is COc1ccccc1OC(C)c1nnc(SCC(=O)Nc2cccc(C(C)=O)c2)n1-c1ccccc1. The number of ketones is 1. The Balaban J connectivity index is 1.54. The summed E-state index contributed by atoms with van der Waals surface area (Å²) in [5, 5.41) is 12.1. The number of anilines is 1. The van der Waals surface area contributed by atoms with Gasteiger partial charge in [-0.3, -0.25) is 14.2 Å². The second-order valence-electron chi connectivity index (χ2n) is 7.90. The lowest BCUT2D eigenvalue weighted by Crippen LogP contribution is -2.15. The minimum atomic E-state index is -0.452. The average molecular weight is 503 g/mol. The van der Waals surface area contributed by atoms with Crippen LogP contribution in [-0.2, 0) is 4.79 Å². The molecule has 1 heterocycles. The van der Waals surface area contributed by atoms with E-state index in [1.807, 2.05) is 66.1 Å². The molecule has 3 aromatic carbocycles. The van der Waals surface area contributed by atoms with Crippen molar-refractivity contribution < 1.29 is 19.1 Å². The number of rotatable bonds is 10. The molecule has 0 spiro atoms. The summed E-state index contributed by atoms with van der Waals surface area (Å²) in [4.78, 5) is 24.3. The Hall–Kier alpha value is -4.11. The van der Waals surface area contributed by atoms with Crippen molar-refractivity contribution in [3.05, 3.63) is 90.3 Å². The highest BCUT2D eigenvalue weighted by Gasteiger charge is 2.22. The van der Waals surface area contributed by atoms with Crippen LogP contribution in [0.1, 0.15) is 36.1 Å². The molecule has 8 nitrogen and oxygen atoms in total. The fourth-order valence-electron chi connectivity index (χ4n) is 3.56. The van der Waals surface area contributed by atoms with Gasteiger partial charge in [-0.25, -0.2) is 0 Å². The number of hydrogen-bond acceptors (Lipinski definition) is 7. The third-order valence-corrected chi connectivity index (χ3v) is 6.22. The largest absolute Gasteiger partial charge is 0.493 e. The summed E-state index contributed by atoms with van der Waals surface area (Å²) in [6.45, 7) is 3.38. The smallest absolute Gasteiger partial charge is 0.234 e. The minimum Gasteiger partial charge on any atom is -0.493 e. The lowest BCUT2D eigenvalue weighted by Gasteiger charge is -2.18. The molecule has 0 saturated carbocycles. The van der Waals surface area contributed by atoms with E-state index in [0.717, 1.165) is 5.69 Å². The van der Waals surface area contributed by atoms with Crippen LogP contribution in [0.3, 0.4) is 0 Å². The van der Waals surface area contributed by atoms with E-state index < -0.39 is 6.10 Å². The van der Waals surface area contributed by atoms with Gasteiger partial charge in [-0.05, 0) is 50.2 Å². The number of nitrogens with one attached hydrogen (secondary N) is 1. The fraction of sp³-hybridized carbons (Fsp3) is 0.185. The van der Waals surface area contributed by atoms with Gasteiger partial charge >= 0.3 is 0 Å². The van der Waals surface area contributed by atoms with Gasteiger partial charge in [0.1, 0.15) is 0 Å². The number of aromatic nitrogens is 3. The first-order valence-corrected chi connectivity index (χ1v) is 12.3. The normalized spacial score (nSPS) is 11.5. The number of amides is 1. The number of nitrogens with zero attached hydrogens (tertiary/aromatic N) is 3. The molecule has 0 radical (unpaired) electrons. The summed E-state index contributed by atoms with van der Waals surface area (Å²) in [6, 6.07) is 23.9. The molecule has 0 aliphatic rings. The van der Waals surface area contributed by atoms with Crippen LogP contribution in [0.5, 0.6) is 11.5 Å². The standard InChI is InChI=1S/C27H26N4O4S/c1-18(32)20-10-9-11-21(16-20)28-25(33)17-36-27-30-29-26(31(27)22-12-5-4-6-13-22)19(2)35-24-15-8-7-14-23(24)34-3/h4-16,19H,17H2,1-3H3,(H,28,33). The summed E-state index contributed by atoms with van der Waals surface area (Å²) in [6.07, 6.45) is -0.452. The minimum absolute atomic E-state index is 0.0616. The Morgan fingerprint density at radius 3 is 2.42 bits per heavy atom. The summed E-state index contributed by atoms with van der Waals surface area (Å²) >= 11 is 1.26. The van der Waals surface area contributed by atoms with E-state index in [4.69, 9.17) is 9.47 Å². The molecule has 0 saturated heterocycles. The van der Waals surface area contributed by atoms with Crippen molar-refractivity contribution >= 4 is 29.1 Å². The van der Waals surface area contributed by atoms with Crippen LogP contribution >= 0.6 is 11.8 Å². The maximum absolute atomic E-state index is 12.7. The molecule has 1 aromatic heterocycles. The monoisotopic (exact) mass is 502 g/mol. The molecule has 1 N–H and O–H groups in total. The molecular formula is C27H26N4O4S. The number of thioether (sulfide) groups is 1. The van der Waals surface area contributed by atoms with Crippen LogP contribution < -0.4 is 14.8 Å². The summed E-state index contributed by atoms with van der Waals surface area (Å²) < 4.78 is 13.5. The second kappa shape index (κ2) is 11.5. The number of ether oxygens (including phenoxy) is 2. The molecule has 4 rings (SSSR count). The van der Waals surface area contributed by atoms with Gasteiger partial charge in [0.05, 0.1) is 12.9 Å². The number of para-hydroxylation sites is 3. The zero-order valence-electron chi connectivity index (χ0n) is 20.2. The van der Waals surface area contributed by atoms with Crippen molar-refractivity contribution in [2.45, 2.75) is 25.1 Å². The third kappa shape index (κ3) is 5.92. The number of benzene rings is 3. The van der Waals surface area contributed by atoms with E-state index in [-0.39, 0.29) is 17.4 Å². The second-order valence-corrected chi connectivity index (χ2v) is 8.84. The summed E-state index contributed by atoms with van der Waals surface area (Å²) in [5.41, 5.74) is 1.96. The van der Waals surface area contributed by atoms with Crippen LogP contribution in [-0.4, -0.2) is 39.3 Å². The molecular weight excluding hydrogens is 476 g/mol. The van der Waals surface area contributed by atoms with Crippen molar-refractivity contribution in [2.24, 2.45) is 0 Å². The molecule has 0 aliphatic heterocycles. The molecule has 36 heavy (non-hydrogen) atoms. The van der Waals surface area contributed by atoms with Crippen molar-refractivity contribution in [1.82, 2.24) is 14.8 Å².